The first kappa shape index (κ1) is 25.6. The summed E-state index contributed by atoms with van der Waals surface area (Å²) in [6, 6.07) is 1.58. The number of nitrogens with one attached hydrogen (secondary N) is 1. The van der Waals surface area contributed by atoms with Crippen molar-refractivity contribution >= 4 is 5.97 Å². The minimum absolute atomic E-state index is 0.259. The van der Waals surface area contributed by atoms with E-state index in [-0.39, 0.29) is 12.4 Å². The van der Waals surface area contributed by atoms with E-state index in [9.17, 15) is 4.79 Å². The van der Waals surface area contributed by atoms with Gasteiger partial charge in [0.25, 0.3) is 0 Å². The van der Waals surface area contributed by atoms with E-state index < -0.39 is 17.7 Å². The van der Waals surface area contributed by atoms with Crippen molar-refractivity contribution in [2.75, 3.05) is 19.8 Å². The zero-order valence-corrected chi connectivity index (χ0v) is 22.1. The lowest BCUT2D eigenvalue weighted by Gasteiger charge is -2.33. The van der Waals surface area contributed by atoms with Gasteiger partial charge in [0, 0.05) is 17.7 Å². The number of hydrogen-bond donors (Lipinski definition) is 1. The van der Waals surface area contributed by atoms with Crippen molar-refractivity contribution in [3.05, 3.63) is 50.8 Å². The van der Waals surface area contributed by atoms with E-state index in [4.69, 9.17) is 14.2 Å². The molecule has 2 aliphatic rings. The summed E-state index contributed by atoms with van der Waals surface area (Å²) >= 11 is 0. The molecule has 35 heavy (non-hydrogen) atoms. The molecule has 1 atom stereocenters. The predicted octanol–water partition coefficient (Wildman–Crippen LogP) is 5.81. The summed E-state index contributed by atoms with van der Waals surface area (Å²) in [5, 5.41) is 3.48. The first-order valence-corrected chi connectivity index (χ1v) is 12.7. The van der Waals surface area contributed by atoms with Crippen LogP contribution in [0.1, 0.15) is 79.2 Å². The van der Waals surface area contributed by atoms with Gasteiger partial charge < -0.3 is 19.5 Å². The highest BCUT2D eigenvalue weighted by molar-refractivity contribution is 5.86. The maximum absolute atomic E-state index is 15.4. The van der Waals surface area contributed by atoms with Crippen LogP contribution in [0.4, 0.5) is 4.39 Å². The molecule has 1 N–H and O–H groups in total. The average molecular weight is 484 g/mol. The number of benzene rings is 2. The highest BCUT2D eigenvalue weighted by Gasteiger charge is 2.36. The van der Waals surface area contributed by atoms with E-state index in [0.29, 0.717) is 12.4 Å². The second-order valence-electron chi connectivity index (χ2n) is 10.6. The number of carbonyl (C=O) groups excluding carboxylic acids is 1. The molecule has 6 heteroatoms. The van der Waals surface area contributed by atoms with Gasteiger partial charge in [-0.25, -0.2) is 9.18 Å². The van der Waals surface area contributed by atoms with Crippen LogP contribution in [0.2, 0.25) is 0 Å². The first-order chi connectivity index (χ1) is 16.5. The molecule has 0 amide bonds. The molecular formula is C29H38FNO4. The van der Waals surface area contributed by atoms with Crippen LogP contribution in [0.25, 0.3) is 11.1 Å². The molecule has 1 unspecified atom stereocenters. The summed E-state index contributed by atoms with van der Waals surface area (Å²) in [6.07, 6.45) is 1.57. The smallest absolute Gasteiger partial charge is 0.339 e. The molecule has 0 radical (unpaired) electrons. The fourth-order valence-electron chi connectivity index (χ4n) is 5.55. The largest absolute Gasteiger partial charge is 0.490 e. The van der Waals surface area contributed by atoms with Crippen molar-refractivity contribution in [1.29, 1.82) is 0 Å². The van der Waals surface area contributed by atoms with Crippen LogP contribution in [0.15, 0.2) is 6.07 Å². The molecule has 4 rings (SSSR count). The maximum atomic E-state index is 15.4. The summed E-state index contributed by atoms with van der Waals surface area (Å²) in [7, 11) is 0. The molecule has 2 heterocycles. The van der Waals surface area contributed by atoms with E-state index in [0.717, 1.165) is 71.3 Å². The number of hydrogen-bond acceptors (Lipinski definition) is 5. The Labute approximate surface area is 208 Å². The van der Waals surface area contributed by atoms with Gasteiger partial charge in [-0.3, -0.25) is 0 Å². The molecule has 0 saturated heterocycles. The fraction of sp³-hybridized carbons (Fsp3) is 0.552. The number of carbonyl (C=O) groups is 1. The highest BCUT2D eigenvalue weighted by Crippen LogP contribution is 2.45. The summed E-state index contributed by atoms with van der Waals surface area (Å²) in [5.41, 5.74) is 8.32. The number of rotatable bonds is 5. The molecule has 0 bridgehead atoms. The van der Waals surface area contributed by atoms with Crippen LogP contribution in [-0.2, 0) is 33.7 Å². The molecule has 0 aromatic heterocycles. The highest BCUT2D eigenvalue weighted by atomic mass is 19.1. The van der Waals surface area contributed by atoms with Gasteiger partial charge >= 0.3 is 5.97 Å². The fourth-order valence-corrected chi connectivity index (χ4v) is 5.55. The third-order valence-corrected chi connectivity index (χ3v) is 7.11. The number of fused-ring (bicyclic) bond motifs is 2. The summed E-state index contributed by atoms with van der Waals surface area (Å²) in [5.74, 6) is -0.413. The zero-order chi connectivity index (χ0) is 25.5. The normalized spacial score (nSPS) is 16.2. The Morgan fingerprint density at radius 3 is 2.54 bits per heavy atom. The second kappa shape index (κ2) is 9.90. The van der Waals surface area contributed by atoms with Crippen molar-refractivity contribution < 1.29 is 23.4 Å². The molecule has 0 fully saturated rings. The molecule has 2 aliphatic heterocycles. The van der Waals surface area contributed by atoms with Crippen molar-refractivity contribution in [1.82, 2.24) is 5.32 Å². The molecule has 0 saturated carbocycles. The van der Waals surface area contributed by atoms with E-state index >= 15 is 4.39 Å². The minimum atomic E-state index is -0.918. The Morgan fingerprint density at radius 2 is 1.86 bits per heavy atom. The summed E-state index contributed by atoms with van der Waals surface area (Å²) < 4.78 is 33.0. The van der Waals surface area contributed by atoms with Gasteiger partial charge in [-0.2, -0.15) is 0 Å². The number of esters is 1. The third-order valence-electron chi connectivity index (χ3n) is 7.11. The van der Waals surface area contributed by atoms with Gasteiger partial charge in [0.05, 0.1) is 18.8 Å². The van der Waals surface area contributed by atoms with E-state index in [1.165, 1.54) is 11.1 Å². The van der Waals surface area contributed by atoms with E-state index in [1.807, 2.05) is 27.7 Å². The molecule has 5 nitrogen and oxygen atoms in total. The van der Waals surface area contributed by atoms with Crippen LogP contribution in [0, 0.1) is 26.6 Å². The van der Waals surface area contributed by atoms with Crippen LogP contribution >= 0.6 is 0 Å². The van der Waals surface area contributed by atoms with E-state index in [2.05, 4.69) is 19.2 Å². The average Bonchev–Trinajstić information content (AvgIpc) is 2.82. The Balaban J connectivity index is 2.07. The van der Waals surface area contributed by atoms with Crippen LogP contribution in [-0.4, -0.2) is 31.3 Å². The van der Waals surface area contributed by atoms with Gasteiger partial charge in [-0.15, -0.1) is 0 Å². The molecular weight excluding hydrogens is 445 g/mol. The number of halogens is 1. The van der Waals surface area contributed by atoms with Crippen molar-refractivity contribution in [2.24, 2.45) is 0 Å². The maximum Gasteiger partial charge on any atom is 0.339 e. The lowest BCUT2D eigenvalue weighted by molar-refractivity contribution is -0.166. The van der Waals surface area contributed by atoms with Crippen LogP contribution in [0.5, 0.6) is 5.75 Å². The van der Waals surface area contributed by atoms with Crippen molar-refractivity contribution in [3.8, 4) is 16.9 Å². The quantitative estimate of drug-likeness (QED) is 0.544. The Kier molecular flexibility index (Phi) is 7.26. The molecule has 0 aliphatic carbocycles. The van der Waals surface area contributed by atoms with Crippen LogP contribution in [0.3, 0.4) is 0 Å². The Hall–Kier alpha value is -2.44. The lowest BCUT2D eigenvalue weighted by atomic mass is 9.78. The van der Waals surface area contributed by atoms with Gasteiger partial charge in [0.15, 0.2) is 17.7 Å². The molecule has 2 aromatic rings. The Bertz CT molecular complexity index is 1150. The van der Waals surface area contributed by atoms with E-state index in [1.54, 1.807) is 13.0 Å². The number of ether oxygens (including phenoxy) is 3. The van der Waals surface area contributed by atoms with Gasteiger partial charge in [-0.1, -0.05) is 0 Å². The summed E-state index contributed by atoms with van der Waals surface area (Å²) in [6.45, 7) is 16.2. The van der Waals surface area contributed by atoms with Gasteiger partial charge in [0.2, 0.25) is 0 Å². The minimum Gasteiger partial charge on any atom is -0.490 e. The standard InChI is InChI=1S/C29H38FNO4/c1-8-33-28(32)27(35-29(5,6)7)25-17(3)19-11-12-31-15-22(19)18(4)24(25)21-14-23(30)26-20(16(21)2)10-9-13-34-26/h14,27,31H,8-13,15H2,1-7H3. The predicted molar refractivity (Wildman–Crippen MR) is 135 cm³/mol. The first-order valence-electron chi connectivity index (χ1n) is 12.7. The monoisotopic (exact) mass is 483 g/mol. The van der Waals surface area contributed by atoms with Gasteiger partial charge in [0.1, 0.15) is 0 Å². The second-order valence-corrected chi connectivity index (χ2v) is 10.6. The topological polar surface area (TPSA) is 56.8 Å². The van der Waals surface area contributed by atoms with Gasteiger partial charge in [-0.05, 0) is 119 Å². The molecule has 0 spiro atoms. The SMILES string of the molecule is CCOC(=O)C(OC(C)(C)C)c1c(C)c2c(c(C)c1-c1cc(F)c3c(c1C)CCCO3)CNCC2. The summed E-state index contributed by atoms with van der Waals surface area (Å²) in [4.78, 5) is 13.4. The lowest BCUT2D eigenvalue weighted by Crippen LogP contribution is -2.32. The molecule has 190 valence electrons. The van der Waals surface area contributed by atoms with Crippen molar-refractivity contribution in [3.63, 3.8) is 0 Å². The Morgan fingerprint density at radius 1 is 1.11 bits per heavy atom. The third kappa shape index (κ3) is 4.83. The molecule has 2 aromatic carbocycles. The zero-order valence-electron chi connectivity index (χ0n) is 22.1. The van der Waals surface area contributed by atoms with Crippen LogP contribution < -0.4 is 10.1 Å². The van der Waals surface area contributed by atoms with Crippen molar-refractivity contribution in [2.45, 2.75) is 86.0 Å².